The molecule has 0 spiro atoms. The van der Waals surface area contributed by atoms with E-state index in [4.69, 9.17) is 9.47 Å². The summed E-state index contributed by atoms with van der Waals surface area (Å²) >= 11 is 10.5. The van der Waals surface area contributed by atoms with Crippen molar-refractivity contribution in [1.29, 1.82) is 0 Å². The van der Waals surface area contributed by atoms with Gasteiger partial charge in [-0.05, 0) is 85.5 Å². The number of nitrogens with zero attached hydrogens (tertiary/aromatic N) is 1. The summed E-state index contributed by atoms with van der Waals surface area (Å²) in [5, 5.41) is 4.03. The topological polar surface area (TPSA) is 59.9 Å². The van der Waals surface area contributed by atoms with Crippen LogP contribution < -0.4 is 14.9 Å². The third kappa shape index (κ3) is 6.17. The molecular weight excluding hydrogens is 580 g/mol. The Bertz CT molecular complexity index is 1050. The van der Waals surface area contributed by atoms with E-state index in [9.17, 15) is 4.79 Å². The fourth-order valence-corrected chi connectivity index (χ4v) is 4.24. The smallest absolute Gasteiger partial charge is 0.271 e. The number of ether oxygens (including phenoxy) is 2. The number of hydrazone groups is 1. The molecule has 0 bridgehead atoms. The van der Waals surface area contributed by atoms with Gasteiger partial charge in [-0.1, -0.05) is 34.1 Å². The van der Waals surface area contributed by atoms with Crippen LogP contribution in [0.15, 0.2) is 79.2 Å². The van der Waals surface area contributed by atoms with Crippen molar-refractivity contribution in [2.45, 2.75) is 6.61 Å². The average Bonchev–Trinajstić information content (AvgIpc) is 2.74. The van der Waals surface area contributed by atoms with Gasteiger partial charge in [0.2, 0.25) is 0 Å². The Morgan fingerprint density at radius 3 is 2.40 bits per heavy atom. The van der Waals surface area contributed by atoms with Gasteiger partial charge in [0.15, 0.2) is 0 Å². The normalized spacial score (nSPS) is 10.8. The average molecular weight is 597 g/mol. The second kappa shape index (κ2) is 10.7. The number of nitrogens with one attached hydrogen (secondary N) is 1. The first-order valence-corrected chi connectivity index (χ1v) is 11.2. The molecule has 0 aliphatic rings. The van der Waals surface area contributed by atoms with E-state index in [2.05, 4.69) is 58.3 Å². The Morgan fingerprint density at radius 1 is 1.03 bits per heavy atom. The quantitative estimate of drug-likeness (QED) is 0.256. The first-order valence-electron chi connectivity index (χ1n) is 8.80. The molecule has 0 heterocycles. The maximum atomic E-state index is 12.2. The maximum absolute atomic E-state index is 12.2. The lowest BCUT2D eigenvalue weighted by Crippen LogP contribution is -2.17. The molecule has 0 saturated heterocycles. The van der Waals surface area contributed by atoms with Gasteiger partial charge in [-0.3, -0.25) is 4.79 Å². The van der Waals surface area contributed by atoms with Gasteiger partial charge < -0.3 is 9.47 Å². The second-order valence-corrected chi connectivity index (χ2v) is 8.78. The van der Waals surface area contributed by atoms with E-state index >= 15 is 0 Å². The molecule has 5 nitrogen and oxygen atoms in total. The Labute approximate surface area is 199 Å². The van der Waals surface area contributed by atoms with Gasteiger partial charge >= 0.3 is 0 Å². The Morgan fingerprint density at radius 2 is 1.73 bits per heavy atom. The first-order chi connectivity index (χ1) is 14.5. The van der Waals surface area contributed by atoms with Crippen molar-refractivity contribution in [3.63, 3.8) is 0 Å². The third-order valence-corrected chi connectivity index (χ3v) is 5.74. The van der Waals surface area contributed by atoms with Crippen LogP contribution in [-0.2, 0) is 6.61 Å². The minimum atomic E-state index is -0.322. The van der Waals surface area contributed by atoms with Crippen molar-refractivity contribution in [3.05, 3.63) is 90.8 Å². The van der Waals surface area contributed by atoms with Crippen LogP contribution in [0.3, 0.4) is 0 Å². The van der Waals surface area contributed by atoms with Gasteiger partial charge in [-0.2, -0.15) is 5.10 Å². The number of hydrogen-bond donors (Lipinski definition) is 1. The molecule has 1 N–H and O–H groups in total. The Kier molecular flexibility index (Phi) is 8.07. The molecular formula is C22H17Br3N2O3. The van der Waals surface area contributed by atoms with E-state index in [1.807, 2.05) is 36.4 Å². The SMILES string of the molecule is COc1cccc(C(=O)N/N=C\c2cc(Br)c(OCc3ccc(Br)cc3)c(Br)c2)c1. The molecule has 3 rings (SSSR count). The van der Waals surface area contributed by atoms with Crippen molar-refractivity contribution < 1.29 is 14.3 Å². The van der Waals surface area contributed by atoms with E-state index in [-0.39, 0.29) is 5.91 Å². The van der Waals surface area contributed by atoms with E-state index in [0.717, 1.165) is 24.5 Å². The number of carbonyl (C=O) groups excluding carboxylic acids is 1. The van der Waals surface area contributed by atoms with E-state index in [0.29, 0.717) is 23.7 Å². The van der Waals surface area contributed by atoms with Gasteiger partial charge in [-0.15, -0.1) is 0 Å². The van der Waals surface area contributed by atoms with E-state index in [1.165, 1.54) is 0 Å². The molecule has 3 aromatic carbocycles. The molecule has 0 aliphatic carbocycles. The van der Waals surface area contributed by atoms with Crippen LogP contribution in [0.5, 0.6) is 11.5 Å². The summed E-state index contributed by atoms with van der Waals surface area (Å²) in [7, 11) is 1.55. The largest absolute Gasteiger partial charge is 0.497 e. The molecule has 1 amide bonds. The summed E-state index contributed by atoms with van der Waals surface area (Å²) in [5.74, 6) is 0.978. The van der Waals surface area contributed by atoms with Gasteiger partial charge in [0, 0.05) is 10.0 Å². The number of halogens is 3. The molecule has 3 aromatic rings. The van der Waals surface area contributed by atoms with Crippen LogP contribution in [0.2, 0.25) is 0 Å². The molecule has 0 radical (unpaired) electrons. The second-order valence-electron chi connectivity index (χ2n) is 6.16. The Hall–Kier alpha value is -2.16. The predicted molar refractivity (Wildman–Crippen MR) is 128 cm³/mol. The van der Waals surface area contributed by atoms with Crippen LogP contribution in [-0.4, -0.2) is 19.2 Å². The van der Waals surface area contributed by atoms with Crippen molar-refractivity contribution in [3.8, 4) is 11.5 Å². The van der Waals surface area contributed by atoms with Crippen molar-refractivity contribution in [2.75, 3.05) is 7.11 Å². The van der Waals surface area contributed by atoms with Gasteiger partial charge in [0.1, 0.15) is 18.1 Å². The molecule has 0 fully saturated rings. The zero-order valence-corrected chi connectivity index (χ0v) is 20.6. The zero-order valence-electron chi connectivity index (χ0n) is 15.9. The molecule has 0 saturated carbocycles. The summed E-state index contributed by atoms with van der Waals surface area (Å²) in [6, 6.07) is 18.5. The van der Waals surface area contributed by atoms with Crippen LogP contribution in [0.1, 0.15) is 21.5 Å². The number of methoxy groups -OCH3 is 1. The highest BCUT2D eigenvalue weighted by atomic mass is 79.9. The lowest BCUT2D eigenvalue weighted by molar-refractivity contribution is 0.0955. The minimum Gasteiger partial charge on any atom is -0.497 e. The number of hydrogen-bond acceptors (Lipinski definition) is 4. The van der Waals surface area contributed by atoms with E-state index < -0.39 is 0 Å². The fourth-order valence-electron chi connectivity index (χ4n) is 2.52. The number of amides is 1. The third-order valence-electron chi connectivity index (χ3n) is 4.03. The highest BCUT2D eigenvalue weighted by molar-refractivity contribution is 9.11. The van der Waals surface area contributed by atoms with Crippen LogP contribution in [0.4, 0.5) is 0 Å². The highest BCUT2D eigenvalue weighted by Gasteiger charge is 2.10. The summed E-state index contributed by atoms with van der Waals surface area (Å²) < 4.78 is 13.6. The molecule has 30 heavy (non-hydrogen) atoms. The van der Waals surface area contributed by atoms with E-state index in [1.54, 1.807) is 37.6 Å². The summed E-state index contributed by atoms with van der Waals surface area (Å²) in [6.07, 6.45) is 1.56. The standard InChI is InChI=1S/C22H17Br3N2O3/c1-29-18-4-2-3-16(11-18)22(28)27-26-12-15-9-19(24)21(20(25)10-15)30-13-14-5-7-17(23)8-6-14/h2-12H,13H2,1H3,(H,27,28)/b26-12-. The first kappa shape index (κ1) is 22.5. The fraction of sp³-hybridized carbons (Fsp3) is 0.0909. The molecule has 0 aliphatic heterocycles. The van der Waals surface area contributed by atoms with Gasteiger partial charge in [0.05, 0.1) is 22.3 Å². The number of benzene rings is 3. The summed E-state index contributed by atoms with van der Waals surface area (Å²) in [6.45, 7) is 0.439. The van der Waals surface area contributed by atoms with Crippen LogP contribution in [0, 0.1) is 0 Å². The molecule has 8 heteroatoms. The molecule has 0 atom stereocenters. The van der Waals surface area contributed by atoms with Gasteiger partial charge in [-0.25, -0.2) is 5.43 Å². The van der Waals surface area contributed by atoms with Crippen molar-refractivity contribution in [1.82, 2.24) is 5.43 Å². The lowest BCUT2D eigenvalue weighted by Gasteiger charge is -2.11. The van der Waals surface area contributed by atoms with Crippen LogP contribution >= 0.6 is 47.8 Å². The lowest BCUT2D eigenvalue weighted by atomic mass is 10.2. The highest BCUT2D eigenvalue weighted by Crippen LogP contribution is 2.35. The maximum Gasteiger partial charge on any atom is 0.271 e. The predicted octanol–water partition coefficient (Wildman–Crippen LogP) is 6.33. The monoisotopic (exact) mass is 594 g/mol. The Balaban J connectivity index is 1.64. The zero-order chi connectivity index (χ0) is 21.5. The molecule has 0 unspecified atom stereocenters. The molecule has 0 aromatic heterocycles. The minimum absolute atomic E-state index is 0.322. The van der Waals surface area contributed by atoms with Crippen LogP contribution in [0.25, 0.3) is 0 Å². The van der Waals surface area contributed by atoms with Gasteiger partial charge in [0.25, 0.3) is 5.91 Å². The number of carbonyl (C=O) groups is 1. The summed E-state index contributed by atoms with van der Waals surface area (Å²) in [5.41, 5.74) is 4.82. The van der Waals surface area contributed by atoms with Crippen molar-refractivity contribution >= 4 is 59.9 Å². The summed E-state index contributed by atoms with van der Waals surface area (Å²) in [4.78, 5) is 12.2. The molecule has 154 valence electrons. The number of rotatable bonds is 7. The van der Waals surface area contributed by atoms with Crippen molar-refractivity contribution in [2.24, 2.45) is 5.10 Å².